The van der Waals surface area contributed by atoms with Gasteiger partial charge in [-0.2, -0.15) is 0 Å². The fourth-order valence-corrected chi connectivity index (χ4v) is 3.85. The molecule has 1 saturated carbocycles. The highest BCUT2D eigenvalue weighted by Gasteiger charge is 2.26. The topological polar surface area (TPSA) is 30.5 Å². The van der Waals surface area contributed by atoms with Crippen LogP contribution in [0.2, 0.25) is 0 Å². The van der Waals surface area contributed by atoms with Gasteiger partial charge in [0.05, 0.1) is 4.47 Å². The van der Waals surface area contributed by atoms with Crippen LogP contribution in [0.4, 0.5) is 0 Å². The third-order valence-corrected chi connectivity index (χ3v) is 5.35. The Hall–Kier alpha value is -0.740. The lowest BCUT2D eigenvalue weighted by Crippen LogP contribution is -2.40. The number of ether oxygens (including phenoxy) is 2. The van der Waals surface area contributed by atoms with Crippen LogP contribution in [0, 0.1) is 11.8 Å². The quantitative estimate of drug-likeness (QED) is 0.899. The molecule has 0 radical (unpaired) electrons. The van der Waals surface area contributed by atoms with E-state index in [1.165, 1.54) is 24.8 Å². The third kappa shape index (κ3) is 2.82. The van der Waals surface area contributed by atoms with Crippen molar-refractivity contribution in [3.8, 4) is 11.5 Å². The molecular formula is C16H22BrNO2. The summed E-state index contributed by atoms with van der Waals surface area (Å²) in [4.78, 5) is 0. The minimum atomic E-state index is 0.321. The molecule has 20 heavy (non-hydrogen) atoms. The van der Waals surface area contributed by atoms with E-state index in [1.54, 1.807) is 0 Å². The number of hydrogen-bond acceptors (Lipinski definition) is 3. The van der Waals surface area contributed by atoms with Crippen molar-refractivity contribution in [3.05, 3.63) is 22.2 Å². The van der Waals surface area contributed by atoms with Gasteiger partial charge in [-0.3, -0.25) is 0 Å². The van der Waals surface area contributed by atoms with E-state index in [1.807, 2.05) is 0 Å². The van der Waals surface area contributed by atoms with E-state index in [2.05, 4.69) is 47.2 Å². The maximum absolute atomic E-state index is 5.47. The van der Waals surface area contributed by atoms with Gasteiger partial charge in [0.15, 0.2) is 11.5 Å². The Morgan fingerprint density at radius 3 is 2.95 bits per heavy atom. The Bertz CT molecular complexity index is 492. The van der Waals surface area contributed by atoms with E-state index in [0.29, 0.717) is 12.8 Å². The standard InChI is InChI=1S/C16H22BrNO2/c1-10-4-3-5-14(11(10)2)18-8-12-6-13(17)16-15(7-12)19-9-20-16/h6-7,10-11,14,18H,3-5,8-9H2,1-2H3. The number of benzene rings is 1. The van der Waals surface area contributed by atoms with Crippen molar-refractivity contribution in [2.75, 3.05) is 6.79 Å². The average molecular weight is 340 g/mol. The van der Waals surface area contributed by atoms with Gasteiger partial charge in [-0.05, 0) is 51.9 Å². The summed E-state index contributed by atoms with van der Waals surface area (Å²) in [7, 11) is 0. The van der Waals surface area contributed by atoms with Crippen LogP contribution in [0.25, 0.3) is 0 Å². The lowest BCUT2D eigenvalue weighted by Gasteiger charge is -2.34. The van der Waals surface area contributed by atoms with Gasteiger partial charge in [0.25, 0.3) is 0 Å². The smallest absolute Gasteiger partial charge is 0.231 e. The van der Waals surface area contributed by atoms with Crippen LogP contribution >= 0.6 is 15.9 Å². The van der Waals surface area contributed by atoms with Crippen molar-refractivity contribution >= 4 is 15.9 Å². The van der Waals surface area contributed by atoms with Gasteiger partial charge in [-0.15, -0.1) is 0 Å². The number of nitrogens with one attached hydrogen (secondary N) is 1. The van der Waals surface area contributed by atoms with Gasteiger partial charge >= 0.3 is 0 Å². The van der Waals surface area contributed by atoms with Crippen molar-refractivity contribution in [2.24, 2.45) is 11.8 Å². The molecule has 3 nitrogen and oxygen atoms in total. The molecule has 3 unspecified atom stereocenters. The zero-order valence-corrected chi connectivity index (χ0v) is 13.7. The minimum Gasteiger partial charge on any atom is -0.454 e. The van der Waals surface area contributed by atoms with E-state index in [9.17, 15) is 0 Å². The molecule has 1 heterocycles. The first-order chi connectivity index (χ1) is 9.65. The normalized spacial score (nSPS) is 28.6. The lowest BCUT2D eigenvalue weighted by atomic mass is 9.78. The summed E-state index contributed by atoms with van der Waals surface area (Å²) in [6.07, 6.45) is 4.00. The maximum atomic E-state index is 5.47. The summed E-state index contributed by atoms with van der Waals surface area (Å²) in [6.45, 7) is 5.95. The molecule has 2 aliphatic rings. The summed E-state index contributed by atoms with van der Waals surface area (Å²) in [5.41, 5.74) is 1.24. The van der Waals surface area contributed by atoms with Gasteiger partial charge in [-0.25, -0.2) is 0 Å². The molecule has 1 aliphatic carbocycles. The molecule has 1 aliphatic heterocycles. The Morgan fingerprint density at radius 2 is 2.10 bits per heavy atom. The van der Waals surface area contributed by atoms with Gasteiger partial charge in [0, 0.05) is 12.6 Å². The second-order valence-corrected chi connectivity index (χ2v) is 6.92. The van der Waals surface area contributed by atoms with Crippen LogP contribution in [0.1, 0.15) is 38.7 Å². The second-order valence-electron chi connectivity index (χ2n) is 6.07. The van der Waals surface area contributed by atoms with Crippen molar-refractivity contribution < 1.29 is 9.47 Å². The van der Waals surface area contributed by atoms with E-state index >= 15 is 0 Å². The van der Waals surface area contributed by atoms with Crippen LogP contribution in [-0.2, 0) is 6.54 Å². The fraction of sp³-hybridized carbons (Fsp3) is 0.625. The third-order valence-electron chi connectivity index (χ3n) is 4.76. The zero-order chi connectivity index (χ0) is 14.1. The van der Waals surface area contributed by atoms with E-state index < -0.39 is 0 Å². The van der Waals surface area contributed by atoms with Gasteiger partial charge in [0.2, 0.25) is 6.79 Å². The summed E-state index contributed by atoms with van der Waals surface area (Å²) in [5, 5.41) is 3.72. The van der Waals surface area contributed by atoms with Crippen LogP contribution < -0.4 is 14.8 Å². The molecule has 0 amide bonds. The highest BCUT2D eigenvalue weighted by molar-refractivity contribution is 9.10. The fourth-order valence-electron chi connectivity index (χ4n) is 3.24. The predicted molar refractivity (Wildman–Crippen MR) is 83.1 cm³/mol. The second kappa shape index (κ2) is 5.94. The van der Waals surface area contributed by atoms with Gasteiger partial charge in [0.1, 0.15) is 0 Å². The van der Waals surface area contributed by atoms with E-state index in [0.717, 1.165) is 34.4 Å². The molecule has 4 heteroatoms. The lowest BCUT2D eigenvalue weighted by molar-refractivity contribution is 0.173. The number of fused-ring (bicyclic) bond motifs is 1. The van der Waals surface area contributed by atoms with Crippen LogP contribution in [-0.4, -0.2) is 12.8 Å². The molecule has 1 aromatic carbocycles. The molecule has 3 atom stereocenters. The summed E-state index contributed by atoms with van der Waals surface area (Å²) >= 11 is 3.55. The predicted octanol–water partition coefficient (Wildman–Crippen LogP) is 4.09. The molecule has 1 aromatic rings. The van der Waals surface area contributed by atoms with E-state index in [-0.39, 0.29) is 0 Å². The van der Waals surface area contributed by atoms with Crippen LogP contribution in [0.5, 0.6) is 11.5 Å². The number of halogens is 1. The first kappa shape index (κ1) is 14.2. The Kier molecular flexibility index (Phi) is 4.22. The van der Waals surface area contributed by atoms with Crippen LogP contribution in [0.3, 0.4) is 0 Å². The summed E-state index contributed by atoms with van der Waals surface area (Å²) < 4.78 is 11.9. The minimum absolute atomic E-state index is 0.321. The van der Waals surface area contributed by atoms with Crippen molar-refractivity contribution in [2.45, 2.75) is 45.7 Å². The molecule has 0 aromatic heterocycles. The number of hydrogen-bond donors (Lipinski definition) is 1. The van der Waals surface area contributed by atoms with Crippen molar-refractivity contribution in [1.29, 1.82) is 0 Å². The Balaban J connectivity index is 1.65. The molecule has 3 rings (SSSR count). The Labute approximate surface area is 129 Å². The molecule has 0 spiro atoms. The van der Waals surface area contributed by atoms with Gasteiger partial charge in [-0.1, -0.05) is 26.7 Å². The van der Waals surface area contributed by atoms with E-state index in [4.69, 9.17) is 9.47 Å². The first-order valence-corrected chi connectivity index (χ1v) is 8.26. The highest BCUT2D eigenvalue weighted by atomic mass is 79.9. The average Bonchev–Trinajstić information content (AvgIpc) is 2.89. The van der Waals surface area contributed by atoms with Crippen molar-refractivity contribution in [3.63, 3.8) is 0 Å². The Morgan fingerprint density at radius 1 is 1.25 bits per heavy atom. The molecule has 0 saturated heterocycles. The van der Waals surface area contributed by atoms with Crippen molar-refractivity contribution in [1.82, 2.24) is 5.32 Å². The summed E-state index contributed by atoms with van der Waals surface area (Å²) in [6, 6.07) is 4.83. The molecule has 0 bridgehead atoms. The summed E-state index contributed by atoms with van der Waals surface area (Å²) in [5.74, 6) is 3.25. The largest absolute Gasteiger partial charge is 0.454 e. The highest BCUT2D eigenvalue weighted by Crippen LogP contribution is 2.40. The zero-order valence-electron chi connectivity index (χ0n) is 12.1. The molecular weight excluding hydrogens is 318 g/mol. The van der Waals surface area contributed by atoms with Crippen LogP contribution in [0.15, 0.2) is 16.6 Å². The molecule has 1 fully saturated rings. The molecule has 110 valence electrons. The maximum Gasteiger partial charge on any atom is 0.231 e. The first-order valence-electron chi connectivity index (χ1n) is 7.46. The SMILES string of the molecule is CC1CCCC(NCc2cc(Br)c3c(c2)OCO3)C1C. The number of rotatable bonds is 3. The van der Waals surface area contributed by atoms with Gasteiger partial charge < -0.3 is 14.8 Å². The monoisotopic (exact) mass is 339 g/mol. The molecule has 1 N–H and O–H groups in total.